The van der Waals surface area contributed by atoms with Crippen LogP contribution in [0.25, 0.3) is 0 Å². The van der Waals surface area contributed by atoms with Gasteiger partial charge in [0, 0.05) is 10.1 Å². The smallest absolute Gasteiger partial charge is 0.255 e. The first-order valence-electron chi connectivity index (χ1n) is 5.56. The number of rotatable bonds is 5. The molecule has 6 heteroatoms. The number of halogens is 2. The topological polar surface area (TPSA) is 69.6 Å². The van der Waals surface area contributed by atoms with E-state index in [0.717, 1.165) is 3.57 Å². The van der Waals surface area contributed by atoms with Gasteiger partial charge in [-0.25, -0.2) is 0 Å². The maximum absolute atomic E-state index is 11.9. The molecule has 0 bridgehead atoms. The van der Waals surface area contributed by atoms with Crippen LogP contribution in [0.1, 0.15) is 30.1 Å². The minimum absolute atomic E-state index is 0.0176. The fourth-order valence-electron chi connectivity index (χ4n) is 1.43. The lowest BCUT2D eigenvalue weighted by Gasteiger charge is -2.09. The van der Waals surface area contributed by atoms with Gasteiger partial charge in [0.25, 0.3) is 5.91 Å². The van der Waals surface area contributed by atoms with Crippen LogP contribution < -0.4 is 5.32 Å². The van der Waals surface area contributed by atoms with Gasteiger partial charge in [0.05, 0.1) is 15.2 Å². The summed E-state index contributed by atoms with van der Waals surface area (Å²) >= 11 is 4.10. The minimum Gasteiger partial charge on any atom is -0.506 e. The summed E-state index contributed by atoms with van der Waals surface area (Å²) in [5.41, 5.74) is 0.295. The van der Waals surface area contributed by atoms with Gasteiger partial charge in [-0.1, -0.05) is 0 Å². The van der Waals surface area contributed by atoms with E-state index in [0.29, 0.717) is 28.5 Å². The Morgan fingerprint density at radius 2 is 2.11 bits per heavy atom. The molecule has 0 heterocycles. The molecule has 1 atom stereocenters. The summed E-state index contributed by atoms with van der Waals surface area (Å²) in [6.07, 6.45) is 1.01. The average Bonchev–Trinajstić information content (AvgIpc) is 2.28. The normalized spacial score (nSPS) is 12.2. The maximum atomic E-state index is 11.9. The number of aromatic hydroxyl groups is 1. The lowest BCUT2D eigenvalue weighted by Crippen LogP contribution is -2.25. The second kappa shape index (κ2) is 7.49. The van der Waals surface area contributed by atoms with Crippen LogP contribution in [0.3, 0.4) is 0 Å². The molecule has 3 N–H and O–H groups in total. The fraction of sp³-hybridized carbons (Fsp3) is 0.417. The second-order valence-corrected chi connectivity index (χ2v) is 6.44. The summed E-state index contributed by atoms with van der Waals surface area (Å²) < 4.78 is 1.57. The molecule has 4 nitrogen and oxygen atoms in total. The van der Waals surface area contributed by atoms with Crippen LogP contribution in [0.5, 0.6) is 5.75 Å². The molecule has 0 aromatic heterocycles. The first-order chi connectivity index (χ1) is 8.41. The quantitative estimate of drug-likeness (QED) is 0.453. The van der Waals surface area contributed by atoms with E-state index in [1.54, 1.807) is 19.1 Å². The van der Waals surface area contributed by atoms with Crippen LogP contribution in [0, 0.1) is 7.14 Å². The van der Waals surface area contributed by atoms with Crippen molar-refractivity contribution in [1.82, 2.24) is 5.32 Å². The van der Waals surface area contributed by atoms with Crippen LogP contribution in [0.2, 0.25) is 0 Å². The highest BCUT2D eigenvalue weighted by atomic mass is 127. The number of aliphatic hydroxyl groups is 1. The summed E-state index contributed by atoms with van der Waals surface area (Å²) in [6, 6.07) is 3.46. The van der Waals surface area contributed by atoms with Gasteiger partial charge in [-0.05, 0) is 77.1 Å². The Morgan fingerprint density at radius 3 is 2.72 bits per heavy atom. The van der Waals surface area contributed by atoms with Crippen LogP contribution in [-0.2, 0) is 0 Å². The summed E-state index contributed by atoms with van der Waals surface area (Å²) in [5, 5.41) is 21.7. The summed E-state index contributed by atoms with van der Waals surface area (Å²) in [4.78, 5) is 11.9. The molecule has 1 aromatic rings. The van der Waals surface area contributed by atoms with E-state index in [1.807, 2.05) is 22.6 Å². The molecule has 0 saturated carbocycles. The highest BCUT2D eigenvalue weighted by molar-refractivity contribution is 14.1. The molecule has 100 valence electrons. The number of phenolic OH excluding ortho intramolecular Hbond substituents is 1. The summed E-state index contributed by atoms with van der Waals surface area (Å²) in [5.74, 6) is -0.265. The lowest BCUT2D eigenvalue weighted by molar-refractivity contribution is 0.0947. The molecule has 1 aromatic carbocycles. The third-order valence-corrected chi connectivity index (χ3v) is 3.80. The van der Waals surface area contributed by atoms with Crippen molar-refractivity contribution in [1.29, 1.82) is 0 Å². The number of carbonyl (C=O) groups excluding carboxylic acids is 1. The van der Waals surface area contributed by atoms with Crippen molar-refractivity contribution in [3.63, 3.8) is 0 Å². The predicted octanol–water partition coefficient (Wildman–Crippen LogP) is 2.49. The van der Waals surface area contributed by atoms with Crippen LogP contribution in [0.15, 0.2) is 12.1 Å². The Balaban J connectivity index is 2.62. The fourth-order valence-corrected chi connectivity index (χ4v) is 3.28. The molecular weight excluding hydrogens is 460 g/mol. The van der Waals surface area contributed by atoms with E-state index in [2.05, 4.69) is 27.9 Å². The number of hydrogen-bond donors (Lipinski definition) is 3. The van der Waals surface area contributed by atoms with E-state index >= 15 is 0 Å². The third kappa shape index (κ3) is 4.88. The van der Waals surface area contributed by atoms with Gasteiger partial charge in [-0.2, -0.15) is 0 Å². The van der Waals surface area contributed by atoms with Crippen LogP contribution in [0.4, 0.5) is 0 Å². The molecular formula is C12H15I2NO3. The summed E-state index contributed by atoms with van der Waals surface area (Å²) in [6.45, 7) is 2.21. The molecule has 1 amide bonds. The molecule has 18 heavy (non-hydrogen) atoms. The molecule has 0 radical (unpaired) electrons. The molecule has 0 saturated heterocycles. The van der Waals surface area contributed by atoms with Gasteiger partial charge < -0.3 is 15.5 Å². The SMILES string of the molecule is CC(O)CCCNC(=O)c1cc(I)cc(I)c1O. The monoisotopic (exact) mass is 475 g/mol. The van der Waals surface area contributed by atoms with Crippen LogP contribution in [-0.4, -0.2) is 28.8 Å². The number of phenols is 1. The Morgan fingerprint density at radius 1 is 1.44 bits per heavy atom. The number of aliphatic hydroxyl groups excluding tert-OH is 1. The van der Waals surface area contributed by atoms with E-state index in [9.17, 15) is 9.90 Å². The van der Waals surface area contributed by atoms with Crippen molar-refractivity contribution in [2.45, 2.75) is 25.9 Å². The summed E-state index contributed by atoms with van der Waals surface area (Å²) in [7, 11) is 0. The highest BCUT2D eigenvalue weighted by Crippen LogP contribution is 2.26. The second-order valence-electron chi connectivity index (χ2n) is 4.03. The number of carbonyl (C=O) groups is 1. The van der Waals surface area contributed by atoms with Gasteiger partial charge in [0.15, 0.2) is 0 Å². The third-order valence-electron chi connectivity index (χ3n) is 2.36. The van der Waals surface area contributed by atoms with Crippen molar-refractivity contribution in [3.8, 4) is 5.75 Å². The van der Waals surface area contributed by atoms with E-state index in [4.69, 9.17) is 5.11 Å². The van der Waals surface area contributed by atoms with Gasteiger partial charge in [-0.3, -0.25) is 4.79 Å². The molecule has 1 unspecified atom stereocenters. The average molecular weight is 475 g/mol. The lowest BCUT2D eigenvalue weighted by atomic mass is 10.2. The molecule has 0 aliphatic heterocycles. The molecule has 0 aliphatic rings. The van der Waals surface area contributed by atoms with Crippen molar-refractivity contribution in [2.75, 3.05) is 6.54 Å². The Kier molecular flexibility index (Phi) is 6.64. The minimum atomic E-state index is -0.353. The Bertz CT molecular complexity index is 436. The largest absolute Gasteiger partial charge is 0.506 e. The Labute approximate surface area is 133 Å². The first-order valence-corrected chi connectivity index (χ1v) is 7.72. The van der Waals surface area contributed by atoms with Crippen molar-refractivity contribution in [3.05, 3.63) is 24.8 Å². The maximum Gasteiger partial charge on any atom is 0.255 e. The number of hydrogen-bond acceptors (Lipinski definition) is 3. The van der Waals surface area contributed by atoms with Crippen molar-refractivity contribution < 1.29 is 15.0 Å². The molecule has 0 spiro atoms. The number of amides is 1. The zero-order chi connectivity index (χ0) is 13.7. The van der Waals surface area contributed by atoms with Crippen molar-refractivity contribution in [2.24, 2.45) is 0 Å². The molecule has 1 rings (SSSR count). The number of nitrogens with one attached hydrogen (secondary N) is 1. The Hall–Kier alpha value is -0.0900. The molecule has 0 fully saturated rings. The van der Waals surface area contributed by atoms with Gasteiger partial charge in [0.2, 0.25) is 0 Å². The highest BCUT2D eigenvalue weighted by Gasteiger charge is 2.14. The molecule has 0 aliphatic carbocycles. The van der Waals surface area contributed by atoms with E-state index < -0.39 is 0 Å². The van der Waals surface area contributed by atoms with Crippen LogP contribution >= 0.6 is 45.2 Å². The van der Waals surface area contributed by atoms with E-state index in [-0.39, 0.29) is 17.8 Å². The number of benzene rings is 1. The van der Waals surface area contributed by atoms with E-state index in [1.165, 1.54) is 0 Å². The van der Waals surface area contributed by atoms with Gasteiger partial charge in [0.1, 0.15) is 5.75 Å². The predicted molar refractivity (Wildman–Crippen MR) is 86.8 cm³/mol. The van der Waals surface area contributed by atoms with Crippen molar-refractivity contribution >= 4 is 51.1 Å². The van der Waals surface area contributed by atoms with Gasteiger partial charge >= 0.3 is 0 Å². The first kappa shape index (κ1) is 16.0. The standard InChI is InChI=1S/C12H15I2NO3/c1-7(16)3-2-4-15-12(18)9-5-8(13)6-10(14)11(9)17/h5-7,16-17H,2-4H2,1H3,(H,15,18). The zero-order valence-electron chi connectivity index (χ0n) is 9.91. The zero-order valence-corrected chi connectivity index (χ0v) is 14.2. The van der Waals surface area contributed by atoms with Gasteiger partial charge in [-0.15, -0.1) is 0 Å².